The minimum Gasteiger partial charge on any atom is -0.481 e. The normalized spacial score (nSPS) is 39.5. The molecule has 0 aromatic heterocycles. The lowest BCUT2D eigenvalue weighted by atomic mass is 9.86. The SMILES string of the molecule is O=C(O)C1CCC2N=NSC2C1. The molecule has 1 heterocycles. The zero-order valence-electron chi connectivity index (χ0n) is 6.51. The second kappa shape index (κ2) is 3.05. The van der Waals surface area contributed by atoms with E-state index in [-0.39, 0.29) is 5.92 Å². The molecule has 3 unspecified atom stereocenters. The fourth-order valence-electron chi connectivity index (χ4n) is 1.73. The van der Waals surface area contributed by atoms with Crippen LogP contribution >= 0.6 is 11.9 Å². The molecule has 1 saturated carbocycles. The van der Waals surface area contributed by atoms with Crippen molar-refractivity contribution in [2.75, 3.05) is 0 Å². The third-order valence-electron chi connectivity index (χ3n) is 2.48. The zero-order valence-corrected chi connectivity index (χ0v) is 7.33. The van der Waals surface area contributed by atoms with Crippen molar-refractivity contribution in [2.24, 2.45) is 15.6 Å². The molecular formula is C7H10N2O2S. The molecule has 0 amide bonds. The van der Waals surface area contributed by atoms with Gasteiger partial charge in [-0.3, -0.25) is 4.79 Å². The summed E-state index contributed by atoms with van der Waals surface area (Å²) >= 11 is 1.44. The van der Waals surface area contributed by atoms with E-state index >= 15 is 0 Å². The topological polar surface area (TPSA) is 62.0 Å². The molecule has 2 rings (SSSR count). The van der Waals surface area contributed by atoms with E-state index in [9.17, 15) is 4.79 Å². The highest BCUT2D eigenvalue weighted by Gasteiger charge is 2.37. The highest BCUT2D eigenvalue weighted by atomic mass is 32.2. The van der Waals surface area contributed by atoms with Gasteiger partial charge in [-0.05, 0) is 19.3 Å². The highest BCUT2D eigenvalue weighted by molar-refractivity contribution is 7.98. The van der Waals surface area contributed by atoms with Crippen molar-refractivity contribution in [3.05, 3.63) is 0 Å². The number of aliphatic carboxylic acids is 1. The van der Waals surface area contributed by atoms with E-state index in [1.807, 2.05) is 0 Å². The van der Waals surface area contributed by atoms with E-state index in [4.69, 9.17) is 5.11 Å². The van der Waals surface area contributed by atoms with Crippen molar-refractivity contribution in [3.63, 3.8) is 0 Å². The molecule has 0 radical (unpaired) electrons. The lowest BCUT2D eigenvalue weighted by Crippen LogP contribution is -2.31. The van der Waals surface area contributed by atoms with Crippen molar-refractivity contribution >= 4 is 17.9 Å². The summed E-state index contributed by atoms with van der Waals surface area (Å²) in [4.78, 5) is 10.7. The van der Waals surface area contributed by atoms with Crippen molar-refractivity contribution < 1.29 is 9.90 Å². The van der Waals surface area contributed by atoms with Gasteiger partial charge < -0.3 is 5.11 Å². The number of nitrogens with zero attached hydrogens (tertiary/aromatic N) is 2. The lowest BCUT2D eigenvalue weighted by Gasteiger charge is -2.25. The van der Waals surface area contributed by atoms with Gasteiger partial charge in [0.25, 0.3) is 0 Å². The molecule has 66 valence electrons. The number of carbonyl (C=O) groups is 1. The summed E-state index contributed by atoms with van der Waals surface area (Å²) in [6.07, 6.45) is 2.38. The molecule has 5 heteroatoms. The summed E-state index contributed by atoms with van der Waals surface area (Å²) in [7, 11) is 0. The second-order valence-corrected chi connectivity index (χ2v) is 4.24. The molecule has 1 aliphatic heterocycles. The number of hydrogen-bond acceptors (Lipinski definition) is 4. The Balaban J connectivity index is 1.99. The van der Waals surface area contributed by atoms with E-state index in [0.717, 1.165) is 19.3 Å². The average Bonchev–Trinajstić information content (AvgIpc) is 2.49. The summed E-state index contributed by atoms with van der Waals surface area (Å²) in [5.74, 6) is -0.830. The minimum absolute atomic E-state index is 0.165. The average molecular weight is 186 g/mol. The second-order valence-electron chi connectivity index (χ2n) is 3.26. The quantitative estimate of drug-likeness (QED) is 0.634. The first kappa shape index (κ1) is 8.04. The Morgan fingerprint density at radius 1 is 1.50 bits per heavy atom. The smallest absolute Gasteiger partial charge is 0.306 e. The Morgan fingerprint density at radius 2 is 2.33 bits per heavy atom. The van der Waals surface area contributed by atoms with Crippen LogP contribution in [-0.4, -0.2) is 22.4 Å². The van der Waals surface area contributed by atoms with Crippen LogP contribution in [0.25, 0.3) is 0 Å². The van der Waals surface area contributed by atoms with Crippen molar-refractivity contribution in [1.29, 1.82) is 0 Å². The van der Waals surface area contributed by atoms with Crippen molar-refractivity contribution in [2.45, 2.75) is 30.6 Å². The molecule has 1 aliphatic carbocycles. The first-order chi connectivity index (χ1) is 5.77. The van der Waals surface area contributed by atoms with Gasteiger partial charge in [-0.25, -0.2) is 0 Å². The van der Waals surface area contributed by atoms with Gasteiger partial charge in [0.15, 0.2) is 0 Å². The van der Waals surface area contributed by atoms with Crippen LogP contribution < -0.4 is 0 Å². The molecule has 1 N–H and O–H groups in total. The number of fused-ring (bicyclic) bond motifs is 1. The zero-order chi connectivity index (χ0) is 8.55. The van der Waals surface area contributed by atoms with Gasteiger partial charge in [-0.15, -0.1) is 4.52 Å². The number of carboxylic acid groups (broad SMARTS) is 1. The van der Waals surface area contributed by atoms with Gasteiger partial charge >= 0.3 is 5.97 Å². The minimum atomic E-state index is -0.666. The molecule has 0 bridgehead atoms. The third-order valence-corrected chi connectivity index (χ3v) is 3.45. The van der Waals surface area contributed by atoms with E-state index < -0.39 is 5.97 Å². The van der Waals surface area contributed by atoms with Gasteiger partial charge in [0.2, 0.25) is 0 Å². The van der Waals surface area contributed by atoms with Crippen LogP contribution in [0.2, 0.25) is 0 Å². The Hall–Kier alpha value is -0.580. The van der Waals surface area contributed by atoms with E-state index in [0.29, 0.717) is 11.3 Å². The lowest BCUT2D eigenvalue weighted by molar-refractivity contribution is -0.142. The molecular weight excluding hydrogens is 176 g/mol. The monoisotopic (exact) mass is 186 g/mol. The Morgan fingerprint density at radius 3 is 3.08 bits per heavy atom. The summed E-state index contributed by atoms with van der Waals surface area (Å²) < 4.78 is 3.87. The molecule has 1 fully saturated rings. The number of carboxylic acids is 1. The molecule has 0 aromatic rings. The molecule has 0 aromatic carbocycles. The number of hydrogen-bond donors (Lipinski definition) is 1. The Bertz CT molecular complexity index is 231. The van der Waals surface area contributed by atoms with Gasteiger partial charge in [-0.1, -0.05) is 0 Å². The summed E-state index contributed by atoms with van der Waals surface area (Å²) in [6.45, 7) is 0. The Kier molecular flexibility index (Phi) is 2.04. The molecule has 2 aliphatic rings. The predicted octanol–water partition coefficient (Wildman–Crippen LogP) is 1.72. The summed E-state index contributed by atoms with van der Waals surface area (Å²) in [6, 6.07) is 0.297. The van der Waals surface area contributed by atoms with Gasteiger partial charge in [-0.2, -0.15) is 5.11 Å². The van der Waals surface area contributed by atoms with Crippen LogP contribution in [0, 0.1) is 5.92 Å². The van der Waals surface area contributed by atoms with Gasteiger partial charge in [0.1, 0.15) is 0 Å². The van der Waals surface area contributed by atoms with Crippen LogP contribution in [0.3, 0.4) is 0 Å². The standard InChI is InChI=1S/C7H10N2O2S/c10-7(11)4-1-2-5-6(3-4)12-9-8-5/h4-6H,1-3H2,(H,10,11). The molecule has 4 nitrogen and oxygen atoms in total. The van der Waals surface area contributed by atoms with Crippen LogP contribution in [0.1, 0.15) is 19.3 Å². The fraction of sp³-hybridized carbons (Fsp3) is 0.857. The summed E-state index contributed by atoms with van der Waals surface area (Å²) in [5, 5.41) is 13.2. The first-order valence-corrected chi connectivity index (χ1v) is 4.90. The maximum absolute atomic E-state index is 10.7. The highest BCUT2D eigenvalue weighted by Crippen LogP contribution is 2.39. The van der Waals surface area contributed by atoms with Crippen molar-refractivity contribution in [1.82, 2.24) is 0 Å². The van der Waals surface area contributed by atoms with Crippen LogP contribution in [0.5, 0.6) is 0 Å². The maximum atomic E-state index is 10.7. The molecule has 0 spiro atoms. The molecule has 12 heavy (non-hydrogen) atoms. The first-order valence-electron chi connectivity index (χ1n) is 4.06. The van der Waals surface area contributed by atoms with Gasteiger partial charge in [0, 0.05) is 11.9 Å². The van der Waals surface area contributed by atoms with E-state index in [1.165, 1.54) is 11.9 Å². The van der Waals surface area contributed by atoms with Gasteiger partial charge in [0.05, 0.1) is 17.2 Å². The summed E-state index contributed by atoms with van der Waals surface area (Å²) in [5.41, 5.74) is 0. The van der Waals surface area contributed by atoms with E-state index in [1.54, 1.807) is 0 Å². The largest absolute Gasteiger partial charge is 0.481 e. The maximum Gasteiger partial charge on any atom is 0.306 e. The molecule has 0 saturated heterocycles. The van der Waals surface area contributed by atoms with Crippen LogP contribution in [0.4, 0.5) is 0 Å². The number of rotatable bonds is 1. The van der Waals surface area contributed by atoms with Crippen LogP contribution in [-0.2, 0) is 4.79 Å². The third kappa shape index (κ3) is 1.33. The van der Waals surface area contributed by atoms with Crippen molar-refractivity contribution in [3.8, 4) is 0 Å². The van der Waals surface area contributed by atoms with Crippen LogP contribution in [0.15, 0.2) is 9.63 Å². The Labute approximate surface area is 74.6 Å². The van der Waals surface area contributed by atoms with E-state index in [2.05, 4.69) is 9.63 Å². The fourth-order valence-corrected chi connectivity index (χ4v) is 2.68. The molecule has 3 atom stereocenters. The predicted molar refractivity (Wildman–Crippen MR) is 45.0 cm³/mol.